The van der Waals surface area contributed by atoms with E-state index in [-0.39, 0.29) is 27.1 Å². The minimum Gasteiger partial charge on any atom is -0.310 e. The Balaban J connectivity index is 0.946. The topological polar surface area (TPSA) is 3.24 Å². The van der Waals surface area contributed by atoms with Crippen LogP contribution in [0.4, 0.5) is 17.1 Å². The van der Waals surface area contributed by atoms with Crippen LogP contribution in [0, 0.1) is 0 Å². The molecule has 0 aliphatic heterocycles. The van der Waals surface area contributed by atoms with Gasteiger partial charge in [0.1, 0.15) is 0 Å². The van der Waals surface area contributed by atoms with Crippen LogP contribution >= 0.6 is 0 Å². The maximum atomic E-state index is 2.57. The third-order valence-corrected chi connectivity index (χ3v) is 18.3. The maximum absolute atomic E-state index is 2.57. The van der Waals surface area contributed by atoms with Gasteiger partial charge in [0, 0.05) is 44.0 Å². The number of benzene rings is 9. The molecule has 0 spiro atoms. The Labute approximate surface area is 414 Å². The fourth-order valence-electron chi connectivity index (χ4n) is 14.3. The summed E-state index contributed by atoms with van der Waals surface area (Å²) in [4.78, 5) is 2.57. The number of hydrogen-bond donors (Lipinski definition) is 0. The highest BCUT2D eigenvalue weighted by Gasteiger charge is 2.45. The first kappa shape index (κ1) is 41.7. The summed E-state index contributed by atoms with van der Waals surface area (Å²) in [5.41, 5.74) is 33.1. The monoisotopic (exact) mass is 901 g/mol. The predicted molar refractivity (Wildman–Crippen MR) is 294 cm³/mol. The van der Waals surface area contributed by atoms with Crippen LogP contribution in [0.1, 0.15) is 125 Å². The second kappa shape index (κ2) is 13.6. The van der Waals surface area contributed by atoms with Crippen molar-refractivity contribution in [1.29, 1.82) is 0 Å². The van der Waals surface area contributed by atoms with Gasteiger partial charge in [-0.25, -0.2) is 0 Å². The lowest BCUT2D eigenvalue weighted by molar-refractivity contribution is 0.652. The predicted octanol–water partition coefficient (Wildman–Crippen LogP) is 18.4. The molecule has 9 aromatic carbocycles. The first-order valence-electron chi connectivity index (χ1n) is 25.5. The SMILES string of the molecule is CC1(C)c2ccccc2-c2ccc(-c3ccc(N(c4ccc5c(c4)C(C)(C)c4cc6c(cc4-5)C(C)(C)c4ccccc4-6)c4cccc5c4-c4cc6c(cc4C5(C)C)-c4ccccc4C6(C)C)cc3)cc21. The standard InChI is InChI=1S/C69H59N/c1-65(2)53-21-14-11-18-44(53)47-32-28-41(34-57(47)65)40-26-29-42(30-27-40)70(43-31-33-48-51-37-59-49(36-60(51)69(9,10)58(48)35-43)45-19-12-15-22-54(45)66(59,3)4)63-25-17-24-56-64(63)52-39-61-50(38-62(52)68(56,7)8)46-20-13-16-23-55(46)67(61,5)6/h11-39H,1-10H3. The minimum atomic E-state index is -0.206. The molecule has 1 nitrogen and oxygen atoms in total. The van der Waals surface area contributed by atoms with Crippen LogP contribution in [-0.4, -0.2) is 0 Å². The molecule has 0 radical (unpaired) electrons. The van der Waals surface area contributed by atoms with E-state index in [0.717, 1.165) is 5.69 Å². The highest BCUT2D eigenvalue weighted by Crippen LogP contribution is 2.61. The molecular formula is C69H59N. The zero-order valence-corrected chi connectivity index (χ0v) is 42.2. The van der Waals surface area contributed by atoms with E-state index in [9.17, 15) is 0 Å². The molecule has 0 amide bonds. The van der Waals surface area contributed by atoms with Crippen LogP contribution in [-0.2, 0) is 27.1 Å². The van der Waals surface area contributed by atoms with Gasteiger partial charge in [0.25, 0.3) is 0 Å². The molecule has 0 saturated carbocycles. The molecule has 70 heavy (non-hydrogen) atoms. The van der Waals surface area contributed by atoms with Gasteiger partial charge in [-0.05, 0) is 177 Å². The molecule has 9 aromatic rings. The fraction of sp³-hybridized carbons (Fsp3) is 0.217. The van der Waals surface area contributed by atoms with E-state index in [2.05, 4.69) is 250 Å². The number of rotatable bonds is 4. The lowest BCUT2D eigenvalue weighted by Gasteiger charge is -2.30. The van der Waals surface area contributed by atoms with Crippen molar-refractivity contribution in [3.05, 3.63) is 232 Å². The van der Waals surface area contributed by atoms with E-state index in [1.54, 1.807) is 0 Å². The molecule has 0 fully saturated rings. The summed E-state index contributed by atoms with van der Waals surface area (Å²) in [6.45, 7) is 24.1. The van der Waals surface area contributed by atoms with E-state index in [0.29, 0.717) is 0 Å². The Morgan fingerprint density at radius 2 is 0.600 bits per heavy atom. The Hall–Kier alpha value is -7.22. The molecule has 5 aliphatic carbocycles. The van der Waals surface area contributed by atoms with Crippen molar-refractivity contribution in [1.82, 2.24) is 0 Å². The molecule has 0 heterocycles. The molecular weight excluding hydrogens is 843 g/mol. The molecule has 14 rings (SSSR count). The summed E-state index contributed by atoms with van der Waals surface area (Å²) in [5, 5.41) is 0. The molecule has 1 heteroatoms. The van der Waals surface area contributed by atoms with E-state index in [1.165, 1.54) is 134 Å². The molecule has 340 valence electrons. The van der Waals surface area contributed by atoms with Crippen LogP contribution in [0.3, 0.4) is 0 Å². The van der Waals surface area contributed by atoms with Crippen LogP contribution in [0.5, 0.6) is 0 Å². The summed E-state index contributed by atoms with van der Waals surface area (Å²) in [6.07, 6.45) is 0. The average molecular weight is 902 g/mol. The third kappa shape index (κ3) is 5.23. The smallest absolute Gasteiger partial charge is 0.0543 e. The van der Waals surface area contributed by atoms with Crippen LogP contribution in [0.25, 0.3) is 66.8 Å². The maximum Gasteiger partial charge on any atom is 0.0543 e. The first-order valence-corrected chi connectivity index (χ1v) is 25.5. The van der Waals surface area contributed by atoms with Crippen molar-refractivity contribution < 1.29 is 0 Å². The summed E-state index contributed by atoms with van der Waals surface area (Å²) >= 11 is 0. The zero-order valence-electron chi connectivity index (χ0n) is 42.2. The van der Waals surface area contributed by atoms with E-state index < -0.39 is 0 Å². The molecule has 0 atom stereocenters. The van der Waals surface area contributed by atoms with Crippen molar-refractivity contribution in [2.24, 2.45) is 0 Å². The van der Waals surface area contributed by atoms with Crippen molar-refractivity contribution in [3.63, 3.8) is 0 Å². The van der Waals surface area contributed by atoms with Gasteiger partial charge >= 0.3 is 0 Å². The summed E-state index contributed by atoms with van der Waals surface area (Å²) < 4.78 is 0. The molecule has 5 aliphatic rings. The van der Waals surface area contributed by atoms with E-state index in [4.69, 9.17) is 0 Å². The van der Waals surface area contributed by atoms with Gasteiger partial charge in [0.05, 0.1) is 5.69 Å². The lowest BCUT2D eigenvalue weighted by Crippen LogP contribution is -2.18. The molecule has 0 unspecified atom stereocenters. The highest BCUT2D eigenvalue weighted by atomic mass is 15.1. The van der Waals surface area contributed by atoms with Crippen LogP contribution in [0.2, 0.25) is 0 Å². The highest BCUT2D eigenvalue weighted by molar-refractivity contribution is 5.99. The Kier molecular flexibility index (Phi) is 8.08. The Morgan fingerprint density at radius 1 is 0.243 bits per heavy atom. The van der Waals surface area contributed by atoms with Gasteiger partial charge in [-0.15, -0.1) is 0 Å². The molecule has 0 aromatic heterocycles. The van der Waals surface area contributed by atoms with Crippen molar-refractivity contribution >= 4 is 17.1 Å². The van der Waals surface area contributed by atoms with Gasteiger partial charge in [0.2, 0.25) is 0 Å². The quantitative estimate of drug-likeness (QED) is 0.170. The van der Waals surface area contributed by atoms with Crippen LogP contribution in [0.15, 0.2) is 176 Å². The second-order valence-electron chi connectivity index (χ2n) is 23.7. The number of fused-ring (bicyclic) bond motifs is 15. The Morgan fingerprint density at radius 3 is 1.16 bits per heavy atom. The van der Waals surface area contributed by atoms with Gasteiger partial charge in [-0.1, -0.05) is 184 Å². The fourth-order valence-corrected chi connectivity index (χ4v) is 14.3. The first-order chi connectivity index (χ1) is 33.5. The largest absolute Gasteiger partial charge is 0.310 e. The zero-order chi connectivity index (χ0) is 48.0. The van der Waals surface area contributed by atoms with Gasteiger partial charge in [-0.3, -0.25) is 0 Å². The number of nitrogens with zero attached hydrogens (tertiary/aromatic N) is 1. The van der Waals surface area contributed by atoms with E-state index >= 15 is 0 Å². The normalized spacial score (nSPS) is 17.3. The average Bonchev–Trinajstić information content (AvgIpc) is 4.00. The van der Waals surface area contributed by atoms with Crippen LogP contribution < -0.4 is 4.90 Å². The lowest BCUT2D eigenvalue weighted by atomic mass is 9.79. The molecule has 0 saturated heterocycles. The summed E-state index contributed by atoms with van der Waals surface area (Å²) in [7, 11) is 0. The molecule has 0 bridgehead atoms. The van der Waals surface area contributed by atoms with Gasteiger partial charge in [0.15, 0.2) is 0 Å². The van der Waals surface area contributed by atoms with Gasteiger partial charge < -0.3 is 4.90 Å². The minimum absolute atomic E-state index is 0.0592. The number of hydrogen-bond acceptors (Lipinski definition) is 1. The van der Waals surface area contributed by atoms with Gasteiger partial charge in [-0.2, -0.15) is 0 Å². The van der Waals surface area contributed by atoms with Crippen molar-refractivity contribution in [2.75, 3.05) is 4.90 Å². The Bertz CT molecular complexity index is 3790. The summed E-state index contributed by atoms with van der Waals surface area (Å²) in [5.74, 6) is 0. The van der Waals surface area contributed by atoms with E-state index in [1.807, 2.05) is 0 Å². The summed E-state index contributed by atoms with van der Waals surface area (Å²) in [6, 6.07) is 68.2. The number of anilines is 3. The molecule has 0 N–H and O–H groups in total. The van der Waals surface area contributed by atoms with Crippen molar-refractivity contribution in [2.45, 2.75) is 96.3 Å². The second-order valence-corrected chi connectivity index (χ2v) is 23.7. The third-order valence-electron chi connectivity index (χ3n) is 18.3. The van der Waals surface area contributed by atoms with Crippen molar-refractivity contribution in [3.8, 4) is 66.8 Å².